The largest absolute Gasteiger partial charge is 0.390 e. The van der Waals surface area contributed by atoms with Crippen molar-refractivity contribution in [3.05, 3.63) is 33.1 Å². The molecule has 2 heterocycles. The van der Waals surface area contributed by atoms with E-state index in [0.29, 0.717) is 0 Å². The predicted octanol–water partition coefficient (Wildman–Crippen LogP) is -3.31. The Bertz CT molecular complexity index is 694. The van der Waals surface area contributed by atoms with Gasteiger partial charge in [-0.25, -0.2) is 4.79 Å². The first-order valence-electron chi connectivity index (χ1n) is 6.16. The Morgan fingerprint density at radius 2 is 1.95 bits per heavy atom. The minimum Gasteiger partial charge on any atom is -0.390 e. The summed E-state index contributed by atoms with van der Waals surface area (Å²) >= 11 is 0. The standard InChI is InChI=1S/C10H15N2O9P/c13-4(3-22(18,19)20)8-6(15)7(16)9(21-8)12-2-1-5(14)11-10(12)17/h1-2,4,6-9,13,15-16H,3H2,(H,11,14,17)(H2,18,19,20)/t4-,6-,7+,8+,9+/m0/s1. The van der Waals surface area contributed by atoms with Crippen LogP contribution >= 0.6 is 7.60 Å². The Balaban J connectivity index is 2.25. The first kappa shape index (κ1) is 17.0. The normalized spacial score (nSPS) is 30.4. The van der Waals surface area contributed by atoms with Crippen LogP contribution in [0.15, 0.2) is 21.9 Å². The molecule has 0 spiro atoms. The lowest BCUT2D eigenvalue weighted by Gasteiger charge is -2.21. The molecule has 124 valence electrons. The number of ether oxygens (including phenoxy) is 1. The summed E-state index contributed by atoms with van der Waals surface area (Å²) in [4.78, 5) is 42.2. The molecule has 22 heavy (non-hydrogen) atoms. The summed E-state index contributed by atoms with van der Waals surface area (Å²) in [6.07, 6.45) is -7.95. The van der Waals surface area contributed by atoms with Crippen molar-refractivity contribution in [2.45, 2.75) is 30.6 Å². The zero-order valence-corrected chi connectivity index (χ0v) is 11.9. The number of aliphatic hydroxyl groups is 3. The van der Waals surface area contributed by atoms with Crippen molar-refractivity contribution in [3.8, 4) is 0 Å². The lowest BCUT2D eigenvalue weighted by molar-refractivity contribution is -0.0802. The fraction of sp³-hybridized carbons (Fsp3) is 0.600. The SMILES string of the molecule is O=c1ccn([C@@H]2O[C@H]([C@@H](O)CP(=O)(O)O)[C@@H](O)[C@H]2O)c(=O)[nH]1. The van der Waals surface area contributed by atoms with Gasteiger partial charge in [-0.3, -0.25) is 18.9 Å². The highest BCUT2D eigenvalue weighted by molar-refractivity contribution is 7.51. The van der Waals surface area contributed by atoms with Gasteiger partial charge in [-0.1, -0.05) is 0 Å². The van der Waals surface area contributed by atoms with E-state index in [1.807, 2.05) is 4.98 Å². The van der Waals surface area contributed by atoms with Gasteiger partial charge >= 0.3 is 13.3 Å². The van der Waals surface area contributed by atoms with Gasteiger partial charge in [-0.15, -0.1) is 0 Å². The number of H-pyrrole nitrogens is 1. The van der Waals surface area contributed by atoms with Gasteiger partial charge in [0, 0.05) is 12.3 Å². The fourth-order valence-corrected chi connectivity index (χ4v) is 2.90. The maximum Gasteiger partial charge on any atom is 0.330 e. The molecule has 12 heteroatoms. The van der Waals surface area contributed by atoms with E-state index in [9.17, 15) is 29.5 Å². The van der Waals surface area contributed by atoms with E-state index in [4.69, 9.17) is 14.5 Å². The van der Waals surface area contributed by atoms with E-state index < -0.39 is 55.7 Å². The molecule has 1 saturated heterocycles. The Hall–Kier alpha value is -1.33. The highest BCUT2D eigenvalue weighted by Gasteiger charge is 2.48. The number of aromatic amines is 1. The molecule has 0 aromatic carbocycles. The molecular weight excluding hydrogens is 323 g/mol. The zero-order chi connectivity index (χ0) is 16.7. The van der Waals surface area contributed by atoms with Crippen LogP contribution in [-0.4, -0.2) is 65.2 Å². The molecule has 11 nitrogen and oxygen atoms in total. The van der Waals surface area contributed by atoms with E-state index >= 15 is 0 Å². The lowest BCUT2D eigenvalue weighted by atomic mass is 10.1. The van der Waals surface area contributed by atoms with Crippen molar-refractivity contribution >= 4 is 7.60 Å². The number of hydrogen-bond donors (Lipinski definition) is 6. The molecule has 0 saturated carbocycles. The van der Waals surface area contributed by atoms with Crippen LogP contribution in [0, 0.1) is 0 Å². The molecule has 0 bridgehead atoms. The molecule has 1 aliphatic heterocycles. The van der Waals surface area contributed by atoms with Crippen molar-refractivity contribution < 1.29 is 34.4 Å². The quantitative estimate of drug-likeness (QED) is 0.306. The summed E-state index contributed by atoms with van der Waals surface area (Å²) < 4.78 is 16.8. The van der Waals surface area contributed by atoms with E-state index in [1.54, 1.807) is 0 Å². The lowest BCUT2D eigenvalue weighted by Crippen LogP contribution is -2.40. The Kier molecular flexibility index (Phi) is 4.68. The van der Waals surface area contributed by atoms with Crippen LogP contribution in [0.4, 0.5) is 0 Å². The van der Waals surface area contributed by atoms with Crippen LogP contribution in [0.3, 0.4) is 0 Å². The summed E-state index contributed by atoms with van der Waals surface area (Å²) in [6.45, 7) is 0. The first-order valence-corrected chi connectivity index (χ1v) is 7.95. The summed E-state index contributed by atoms with van der Waals surface area (Å²) in [5, 5.41) is 29.4. The number of nitrogens with zero attached hydrogens (tertiary/aromatic N) is 1. The van der Waals surface area contributed by atoms with Crippen LogP contribution in [0.2, 0.25) is 0 Å². The van der Waals surface area contributed by atoms with Crippen LogP contribution in [0.25, 0.3) is 0 Å². The van der Waals surface area contributed by atoms with Crippen molar-refractivity contribution in [1.29, 1.82) is 0 Å². The monoisotopic (exact) mass is 338 g/mol. The molecule has 1 fully saturated rings. The van der Waals surface area contributed by atoms with Gasteiger partial charge < -0.3 is 29.8 Å². The van der Waals surface area contributed by atoms with E-state index in [0.717, 1.165) is 16.8 Å². The molecule has 0 unspecified atom stereocenters. The Morgan fingerprint density at radius 1 is 1.32 bits per heavy atom. The summed E-state index contributed by atoms with van der Waals surface area (Å²) in [5.74, 6) is 0. The summed E-state index contributed by atoms with van der Waals surface area (Å²) in [6, 6.07) is 0.989. The second kappa shape index (κ2) is 6.05. The molecule has 2 rings (SSSR count). The topological polar surface area (TPSA) is 182 Å². The van der Waals surface area contributed by atoms with Crippen LogP contribution in [0.1, 0.15) is 6.23 Å². The van der Waals surface area contributed by atoms with Gasteiger partial charge in [-0.2, -0.15) is 0 Å². The number of hydrogen-bond acceptors (Lipinski definition) is 7. The first-order chi connectivity index (χ1) is 10.1. The van der Waals surface area contributed by atoms with Gasteiger partial charge in [0.15, 0.2) is 6.23 Å². The average molecular weight is 338 g/mol. The smallest absolute Gasteiger partial charge is 0.330 e. The summed E-state index contributed by atoms with van der Waals surface area (Å²) in [7, 11) is -4.57. The number of aliphatic hydroxyl groups excluding tert-OH is 3. The van der Waals surface area contributed by atoms with Crippen molar-refractivity contribution in [2.75, 3.05) is 6.16 Å². The van der Waals surface area contributed by atoms with Gasteiger partial charge in [0.25, 0.3) is 5.56 Å². The molecule has 0 amide bonds. The second-order valence-corrected chi connectivity index (χ2v) is 6.60. The maximum atomic E-state index is 11.6. The fourth-order valence-electron chi connectivity index (χ4n) is 2.21. The highest BCUT2D eigenvalue weighted by atomic mass is 31.2. The number of rotatable bonds is 4. The second-order valence-electron chi connectivity index (χ2n) is 4.90. The third kappa shape index (κ3) is 3.52. The van der Waals surface area contributed by atoms with Gasteiger partial charge in [0.05, 0.1) is 12.3 Å². The van der Waals surface area contributed by atoms with E-state index in [2.05, 4.69) is 0 Å². The zero-order valence-electron chi connectivity index (χ0n) is 11.0. The van der Waals surface area contributed by atoms with Crippen molar-refractivity contribution in [2.24, 2.45) is 0 Å². The minimum absolute atomic E-state index is 0.674. The highest BCUT2D eigenvalue weighted by Crippen LogP contribution is 2.38. The van der Waals surface area contributed by atoms with Crippen LogP contribution in [0.5, 0.6) is 0 Å². The van der Waals surface area contributed by atoms with Gasteiger partial charge in [0.1, 0.15) is 18.3 Å². The molecule has 6 N–H and O–H groups in total. The van der Waals surface area contributed by atoms with Crippen LogP contribution < -0.4 is 11.2 Å². The van der Waals surface area contributed by atoms with E-state index in [1.165, 1.54) is 0 Å². The Labute approximate surface area is 122 Å². The number of aromatic nitrogens is 2. The Morgan fingerprint density at radius 3 is 2.50 bits per heavy atom. The molecule has 1 aliphatic rings. The van der Waals surface area contributed by atoms with Gasteiger partial charge in [0.2, 0.25) is 0 Å². The molecule has 5 atom stereocenters. The third-order valence-corrected chi connectivity index (χ3v) is 4.05. The third-order valence-electron chi connectivity index (χ3n) is 3.20. The van der Waals surface area contributed by atoms with Crippen molar-refractivity contribution in [3.63, 3.8) is 0 Å². The van der Waals surface area contributed by atoms with Crippen molar-refractivity contribution in [1.82, 2.24) is 9.55 Å². The van der Waals surface area contributed by atoms with Gasteiger partial charge in [-0.05, 0) is 0 Å². The predicted molar refractivity (Wildman–Crippen MR) is 70.2 cm³/mol. The average Bonchev–Trinajstić information content (AvgIpc) is 2.65. The minimum atomic E-state index is -4.57. The molecule has 0 radical (unpaired) electrons. The number of nitrogens with one attached hydrogen (secondary N) is 1. The summed E-state index contributed by atoms with van der Waals surface area (Å²) in [5.41, 5.74) is -1.58. The maximum absolute atomic E-state index is 11.6. The van der Waals surface area contributed by atoms with E-state index in [-0.39, 0.29) is 0 Å². The molecule has 1 aromatic rings. The molecular formula is C10H15N2O9P. The van der Waals surface area contributed by atoms with Crippen LogP contribution in [-0.2, 0) is 9.30 Å². The molecule has 0 aliphatic carbocycles. The molecule has 1 aromatic heterocycles.